The highest BCUT2D eigenvalue weighted by atomic mass is 79.9. The van der Waals surface area contributed by atoms with E-state index in [9.17, 15) is 0 Å². The molecule has 0 saturated carbocycles. The van der Waals surface area contributed by atoms with Crippen molar-refractivity contribution in [1.29, 1.82) is 0 Å². The van der Waals surface area contributed by atoms with Gasteiger partial charge < -0.3 is 16.0 Å². The van der Waals surface area contributed by atoms with Crippen molar-refractivity contribution in [3.05, 3.63) is 10.7 Å². The van der Waals surface area contributed by atoms with E-state index in [1.165, 1.54) is 13.0 Å². The van der Waals surface area contributed by atoms with Crippen molar-refractivity contribution in [3.8, 4) is 0 Å². The number of aromatic nitrogens is 2. The van der Waals surface area contributed by atoms with Crippen LogP contribution in [-0.2, 0) is 0 Å². The third kappa shape index (κ3) is 3.54. The number of likely N-dealkylation sites (tertiary alicyclic amines) is 1. The number of anilines is 2. The molecule has 5 nitrogen and oxygen atoms in total. The van der Waals surface area contributed by atoms with Gasteiger partial charge in [0, 0.05) is 18.7 Å². The Morgan fingerprint density at radius 3 is 3.12 bits per heavy atom. The zero-order chi connectivity index (χ0) is 12.3. The summed E-state index contributed by atoms with van der Waals surface area (Å²) >= 11 is 3.32. The lowest BCUT2D eigenvalue weighted by molar-refractivity contribution is 0.226. The second-order valence-electron chi connectivity index (χ2n) is 4.32. The van der Waals surface area contributed by atoms with Gasteiger partial charge in [0.05, 0.1) is 0 Å². The van der Waals surface area contributed by atoms with Crippen LogP contribution in [0.4, 0.5) is 11.8 Å². The van der Waals surface area contributed by atoms with Gasteiger partial charge in [-0.1, -0.05) is 6.92 Å². The van der Waals surface area contributed by atoms with E-state index in [2.05, 4.69) is 43.0 Å². The number of halogens is 1. The molecule has 1 atom stereocenters. The molecule has 6 heteroatoms. The van der Waals surface area contributed by atoms with E-state index in [4.69, 9.17) is 5.73 Å². The van der Waals surface area contributed by atoms with Crippen LogP contribution >= 0.6 is 15.9 Å². The van der Waals surface area contributed by atoms with Crippen LogP contribution < -0.4 is 11.1 Å². The van der Waals surface area contributed by atoms with Gasteiger partial charge in [0.1, 0.15) is 10.4 Å². The summed E-state index contributed by atoms with van der Waals surface area (Å²) in [5.41, 5.74) is 5.69. The first kappa shape index (κ1) is 12.6. The SMILES string of the molecule is CCN1CCCC(Nc2nc(N)cc(Br)n2)C1. The minimum absolute atomic E-state index is 0.414. The topological polar surface area (TPSA) is 67.1 Å². The molecule has 1 aromatic heterocycles. The fourth-order valence-corrected chi connectivity index (χ4v) is 2.55. The Bertz CT molecular complexity index is 364. The molecule has 1 aromatic rings. The third-order valence-corrected chi connectivity index (χ3v) is 3.41. The highest BCUT2D eigenvalue weighted by Gasteiger charge is 2.19. The molecule has 0 aromatic carbocycles. The van der Waals surface area contributed by atoms with Crippen molar-refractivity contribution in [1.82, 2.24) is 14.9 Å². The molecule has 94 valence electrons. The summed E-state index contributed by atoms with van der Waals surface area (Å²) in [6, 6.07) is 2.11. The summed E-state index contributed by atoms with van der Waals surface area (Å²) in [7, 11) is 0. The molecule has 1 aliphatic heterocycles. The van der Waals surface area contributed by atoms with Crippen molar-refractivity contribution < 1.29 is 0 Å². The maximum absolute atomic E-state index is 5.69. The standard InChI is InChI=1S/C11H18BrN5/c1-2-17-5-3-4-8(7-17)14-11-15-9(12)6-10(13)16-11/h6,8H,2-5,7H2,1H3,(H3,13,14,15,16). The van der Waals surface area contributed by atoms with Gasteiger partial charge in [-0.3, -0.25) is 0 Å². The van der Waals surface area contributed by atoms with E-state index in [0.29, 0.717) is 17.8 Å². The number of nitrogens with zero attached hydrogens (tertiary/aromatic N) is 3. The second kappa shape index (κ2) is 5.64. The molecule has 1 fully saturated rings. The lowest BCUT2D eigenvalue weighted by Crippen LogP contribution is -2.42. The first-order valence-corrected chi connectivity index (χ1v) is 6.75. The van der Waals surface area contributed by atoms with Crippen molar-refractivity contribution in [2.45, 2.75) is 25.8 Å². The Hall–Kier alpha value is -0.880. The van der Waals surface area contributed by atoms with Gasteiger partial charge in [0.25, 0.3) is 0 Å². The molecule has 2 heterocycles. The molecular formula is C11H18BrN5. The maximum Gasteiger partial charge on any atom is 0.225 e. The molecule has 1 saturated heterocycles. The molecule has 17 heavy (non-hydrogen) atoms. The molecule has 1 unspecified atom stereocenters. The highest BCUT2D eigenvalue weighted by molar-refractivity contribution is 9.10. The van der Waals surface area contributed by atoms with Gasteiger partial charge in [-0.25, -0.2) is 4.98 Å². The van der Waals surface area contributed by atoms with Crippen molar-refractivity contribution in [2.24, 2.45) is 0 Å². The lowest BCUT2D eigenvalue weighted by Gasteiger charge is -2.32. The predicted molar refractivity (Wildman–Crippen MR) is 72.9 cm³/mol. The predicted octanol–water partition coefficient (Wildman–Crippen LogP) is 1.72. The lowest BCUT2D eigenvalue weighted by atomic mass is 10.1. The van der Waals surface area contributed by atoms with E-state index in [0.717, 1.165) is 24.1 Å². The smallest absolute Gasteiger partial charge is 0.225 e. The van der Waals surface area contributed by atoms with Crippen LogP contribution in [0.15, 0.2) is 10.7 Å². The third-order valence-electron chi connectivity index (χ3n) is 3.00. The molecule has 0 amide bonds. The number of hydrogen-bond acceptors (Lipinski definition) is 5. The van der Waals surface area contributed by atoms with Crippen LogP contribution in [0.1, 0.15) is 19.8 Å². The average molecular weight is 300 g/mol. The fraction of sp³-hybridized carbons (Fsp3) is 0.636. The molecule has 0 bridgehead atoms. The Labute approximate surface area is 110 Å². The first-order chi connectivity index (χ1) is 8.17. The number of hydrogen-bond donors (Lipinski definition) is 2. The molecule has 2 rings (SSSR count). The number of nitrogens with two attached hydrogens (primary N) is 1. The van der Waals surface area contributed by atoms with Crippen molar-refractivity contribution >= 4 is 27.7 Å². The van der Waals surface area contributed by atoms with Gasteiger partial charge in [-0.2, -0.15) is 4.98 Å². The fourth-order valence-electron chi connectivity index (χ4n) is 2.14. The van der Waals surface area contributed by atoms with E-state index >= 15 is 0 Å². The Balaban J connectivity index is 2.00. The largest absolute Gasteiger partial charge is 0.383 e. The van der Waals surface area contributed by atoms with E-state index in [1.807, 2.05) is 0 Å². The van der Waals surface area contributed by atoms with Gasteiger partial charge in [0.15, 0.2) is 0 Å². The monoisotopic (exact) mass is 299 g/mol. The zero-order valence-electron chi connectivity index (χ0n) is 9.99. The summed E-state index contributed by atoms with van der Waals surface area (Å²) in [5, 5.41) is 3.35. The molecule has 0 aliphatic carbocycles. The summed E-state index contributed by atoms with van der Waals surface area (Å²) in [5.74, 6) is 1.09. The summed E-state index contributed by atoms with van der Waals surface area (Å²) in [4.78, 5) is 10.9. The first-order valence-electron chi connectivity index (χ1n) is 5.96. The molecule has 0 radical (unpaired) electrons. The summed E-state index contributed by atoms with van der Waals surface area (Å²) < 4.78 is 0.718. The number of nitrogens with one attached hydrogen (secondary N) is 1. The van der Waals surface area contributed by atoms with Gasteiger partial charge in [-0.05, 0) is 41.9 Å². The highest BCUT2D eigenvalue weighted by Crippen LogP contribution is 2.16. The maximum atomic E-state index is 5.69. The Morgan fingerprint density at radius 1 is 1.59 bits per heavy atom. The van der Waals surface area contributed by atoms with Crippen LogP contribution in [0.5, 0.6) is 0 Å². The number of rotatable bonds is 3. The van der Waals surface area contributed by atoms with E-state index in [1.54, 1.807) is 6.07 Å². The van der Waals surface area contributed by atoms with Crippen LogP contribution in [0, 0.1) is 0 Å². The number of nitrogen functional groups attached to an aromatic ring is 1. The normalized spacial score (nSPS) is 21.4. The molecule has 0 spiro atoms. The minimum Gasteiger partial charge on any atom is -0.383 e. The second-order valence-corrected chi connectivity index (χ2v) is 5.13. The summed E-state index contributed by atoms with van der Waals surface area (Å²) in [6.45, 7) is 5.53. The van der Waals surface area contributed by atoms with E-state index in [-0.39, 0.29) is 0 Å². The molecule has 1 aliphatic rings. The average Bonchev–Trinajstić information content (AvgIpc) is 2.28. The van der Waals surface area contributed by atoms with Gasteiger partial charge in [0.2, 0.25) is 5.95 Å². The summed E-state index contributed by atoms with van der Waals surface area (Å²) in [6.07, 6.45) is 2.38. The van der Waals surface area contributed by atoms with Crippen molar-refractivity contribution in [2.75, 3.05) is 30.7 Å². The minimum atomic E-state index is 0.414. The van der Waals surface area contributed by atoms with Gasteiger partial charge in [-0.15, -0.1) is 0 Å². The Kier molecular flexibility index (Phi) is 4.17. The molecular weight excluding hydrogens is 282 g/mol. The quantitative estimate of drug-likeness (QED) is 0.832. The molecule has 3 N–H and O–H groups in total. The van der Waals surface area contributed by atoms with Crippen LogP contribution in [0.3, 0.4) is 0 Å². The van der Waals surface area contributed by atoms with E-state index < -0.39 is 0 Å². The number of piperidine rings is 1. The Morgan fingerprint density at radius 2 is 2.41 bits per heavy atom. The van der Waals surface area contributed by atoms with Crippen LogP contribution in [0.25, 0.3) is 0 Å². The van der Waals surface area contributed by atoms with Crippen LogP contribution in [-0.4, -0.2) is 40.5 Å². The van der Waals surface area contributed by atoms with Crippen LogP contribution in [0.2, 0.25) is 0 Å². The van der Waals surface area contributed by atoms with Gasteiger partial charge >= 0.3 is 0 Å². The number of likely N-dealkylation sites (N-methyl/N-ethyl adjacent to an activating group) is 1. The zero-order valence-corrected chi connectivity index (χ0v) is 11.6. The van der Waals surface area contributed by atoms with Crippen molar-refractivity contribution in [3.63, 3.8) is 0 Å².